The number of furan rings is 1. The van der Waals surface area contributed by atoms with Crippen molar-refractivity contribution in [3.05, 3.63) is 163 Å². The van der Waals surface area contributed by atoms with E-state index in [4.69, 9.17) is 30.5 Å². The summed E-state index contributed by atoms with van der Waals surface area (Å²) in [6, 6.07) is 1.31. The Morgan fingerprint density at radius 2 is 1.02 bits per heavy atom. The monoisotopic (exact) mass is 644 g/mol. The van der Waals surface area contributed by atoms with Crippen LogP contribution in [-0.4, -0.2) is 15.0 Å². The molecule has 4 heteroatoms. The van der Waals surface area contributed by atoms with Crippen LogP contribution in [0.5, 0.6) is 0 Å². The summed E-state index contributed by atoms with van der Waals surface area (Å²) in [6.45, 7) is 0. The van der Waals surface area contributed by atoms with E-state index in [9.17, 15) is 0 Å². The standard InChI is InChI=1S/C45H27N3O/c1-2-14-30(15-3-1)43-46-44(48-45(47-43)37-23-11-17-29-13-5-7-19-33(29)37)31-24-25-40-39(26-31)42-36-21-9-8-20-35(36)38(27-41(42)49-40)34-22-10-16-28-12-4-6-18-32(28)34/h1-27H/i1D,2D,3D,4D,5D,6D,7D,10D,11D,12D,13D,14D,15D,16D,17D,18D,19D,22D,23D. The van der Waals surface area contributed by atoms with Gasteiger partial charge in [0.15, 0.2) is 17.5 Å². The molecule has 0 spiro atoms. The zero-order valence-corrected chi connectivity index (χ0v) is 24.9. The van der Waals surface area contributed by atoms with Crippen molar-refractivity contribution < 1.29 is 30.5 Å². The molecule has 0 N–H and O–H groups in total. The minimum absolute atomic E-state index is 0.00873. The molecule has 2 aromatic heterocycles. The number of rotatable bonds is 4. The molecule has 10 aromatic rings. The van der Waals surface area contributed by atoms with Gasteiger partial charge < -0.3 is 4.42 Å². The lowest BCUT2D eigenvalue weighted by Crippen LogP contribution is -2.00. The molecular weight excluding hydrogens is 599 g/mol. The first-order valence-corrected chi connectivity index (χ1v) is 14.9. The van der Waals surface area contributed by atoms with Crippen LogP contribution >= 0.6 is 0 Å². The number of fused-ring (bicyclic) bond motifs is 7. The fourth-order valence-corrected chi connectivity index (χ4v) is 6.07. The molecule has 4 nitrogen and oxygen atoms in total. The van der Waals surface area contributed by atoms with Gasteiger partial charge in [-0.05, 0) is 67.7 Å². The first-order chi connectivity index (χ1) is 32.2. The average Bonchev–Trinajstić information content (AvgIpc) is 3.71. The quantitative estimate of drug-likeness (QED) is 0.191. The van der Waals surface area contributed by atoms with E-state index in [1.807, 2.05) is 0 Å². The van der Waals surface area contributed by atoms with Crippen molar-refractivity contribution in [2.24, 2.45) is 0 Å². The van der Waals surface area contributed by atoms with Crippen molar-refractivity contribution in [1.82, 2.24) is 15.0 Å². The molecule has 10 rings (SSSR count). The van der Waals surface area contributed by atoms with Gasteiger partial charge in [-0.1, -0.05) is 139 Å². The lowest BCUT2D eigenvalue weighted by atomic mass is 9.92. The summed E-state index contributed by atoms with van der Waals surface area (Å²) in [6.07, 6.45) is 0. The summed E-state index contributed by atoms with van der Waals surface area (Å²) in [4.78, 5) is 13.7. The molecule has 0 atom stereocenters. The first kappa shape index (κ1) is 14.6. The fourth-order valence-electron chi connectivity index (χ4n) is 6.07. The molecule has 0 unspecified atom stereocenters. The van der Waals surface area contributed by atoms with Gasteiger partial charge in [-0.25, -0.2) is 15.0 Å². The van der Waals surface area contributed by atoms with Gasteiger partial charge in [0.25, 0.3) is 0 Å². The van der Waals surface area contributed by atoms with Crippen molar-refractivity contribution in [2.75, 3.05) is 0 Å². The largest absolute Gasteiger partial charge is 0.456 e. The summed E-state index contributed by atoms with van der Waals surface area (Å²) in [5.41, 5.74) is 0.184. The Balaban J connectivity index is 1.29. The van der Waals surface area contributed by atoms with Crippen LogP contribution in [0.4, 0.5) is 0 Å². The smallest absolute Gasteiger partial charge is 0.164 e. The molecule has 0 aliphatic carbocycles. The van der Waals surface area contributed by atoms with E-state index < -0.39 is 143 Å². The third kappa shape index (κ3) is 4.49. The van der Waals surface area contributed by atoms with Gasteiger partial charge in [0.1, 0.15) is 11.2 Å². The van der Waals surface area contributed by atoms with Gasteiger partial charge in [0, 0.05) is 27.5 Å². The third-order valence-electron chi connectivity index (χ3n) is 8.21. The van der Waals surface area contributed by atoms with Crippen molar-refractivity contribution in [3.8, 4) is 45.3 Å². The van der Waals surface area contributed by atoms with Crippen molar-refractivity contribution >= 4 is 54.3 Å². The maximum Gasteiger partial charge on any atom is 0.164 e. The van der Waals surface area contributed by atoms with Gasteiger partial charge in [-0.15, -0.1) is 0 Å². The van der Waals surface area contributed by atoms with Gasteiger partial charge in [0.05, 0.1) is 26.0 Å². The summed E-state index contributed by atoms with van der Waals surface area (Å²) in [7, 11) is 0. The summed E-state index contributed by atoms with van der Waals surface area (Å²) in [5.74, 6) is -1.16. The number of nitrogens with zero attached hydrogens (tertiary/aromatic N) is 3. The zero-order chi connectivity index (χ0) is 48.8. The Labute approximate surface area is 308 Å². The predicted octanol–water partition coefficient (Wildman–Crippen LogP) is 11.9. The molecule has 0 fully saturated rings. The number of benzene rings is 8. The highest BCUT2D eigenvalue weighted by atomic mass is 16.3. The first-order valence-electron chi connectivity index (χ1n) is 24.4. The second-order valence-corrected chi connectivity index (χ2v) is 11.0. The van der Waals surface area contributed by atoms with Crippen molar-refractivity contribution in [3.63, 3.8) is 0 Å². The van der Waals surface area contributed by atoms with Gasteiger partial charge in [-0.3, -0.25) is 0 Å². The van der Waals surface area contributed by atoms with Crippen molar-refractivity contribution in [2.45, 2.75) is 0 Å². The Hall–Kier alpha value is -6.65. The average molecular weight is 645 g/mol. The molecule has 0 aliphatic rings. The molecule has 0 radical (unpaired) electrons. The molecule has 0 amide bonds. The molecule has 8 aromatic carbocycles. The highest BCUT2D eigenvalue weighted by Crippen LogP contribution is 2.42. The van der Waals surface area contributed by atoms with E-state index in [0.717, 1.165) is 0 Å². The molecule has 49 heavy (non-hydrogen) atoms. The van der Waals surface area contributed by atoms with Gasteiger partial charge in [-0.2, -0.15) is 0 Å². The van der Waals surface area contributed by atoms with Crippen LogP contribution in [0.15, 0.2) is 168 Å². The van der Waals surface area contributed by atoms with E-state index in [2.05, 4.69) is 15.0 Å². The molecule has 0 bridgehead atoms. The van der Waals surface area contributed by atoms with Crippen LogP contribution < -0.4 is 0 Å². The normalized spacial score (nSPS) is 17.1. The Bertz CT molecular complexity index is 3940. The number of aromatic nitrogens is 3. The molecule has 0 saturated carbocycles. The van der Waals surface area contributed by atoms with Crippen LogP contribution in [0.2, 0.25) is 0 Å². The Kier molecular flexibility index (Phi) is 3.27. The lowest BCUT2D eigenvalue weighted by Gasteiger charge is -2.11. The second-order valence-electron chi connectivity index (χ2n) is 11.0. The van der Waals surface area contributed by atoms with E-state index in [1.54, 1.807) is 48.5 Å². The Morgan fingerprint density at radius 3 is 1.80 bits per heavy atom. The molecule has 2 heterocycles. The Morgan fingerprint density at radius 1 is 0.408 bits per heavy atom. The third-order valence-corrected chi connectivity index (χ3v) is 8.21. The topological polar surface area (TPSA) is 51.8 Å². The molecule has 228 valence electrons. The van der Waals surface area contributed by atoms with Crippen LogP contribution in [0.1, 0.15) is 26.0 Å². The second kappa shape index (κ2) is 11.0. The van der Waals surface area contributed by atoms with Gasteiger partial charge in [0.2, 0.25) is 0 Å². The van der Waals surface area contributed by atoms with Crippen LogP contribution in [-0.2, 0) is 0 Å². The lowest BCUT2D eigenvalue weighted by molar-refractivity contribution is 0.669. The van der Waals surface area contributed by atoms with Crippen LogP contribution in [0.3, 0.4) is 0 Å². The van der Waals surface area contributed by atoms with Crippen LogP contribution in [0.25, 0.3) is 99.5 Å². The maximum atomic E-state index is 9.07. The maximum absolute atomic E-state index is 9.07. The molecule has 0 aliphatic heterocycles. The van der Waals surface area contributed by atoms with Crippen LogP contribution in [0, 0.1) is 0 Å². The molecule has 0 saturated heterocycles. The summed E-state index contributed by atoms with van der Waals surface area (Å²) >= 11 is 0. The number of hydrogen-bond acceptors (Lipinski definition) is 4. The van der Waals surface area contributed by atoms with E-state index in [0.29, 0.717) is 27.1 Å². The fraction of sp³-hybridized carbons (Fsp3) is 0. The van der Waals surface area contributed by atoms with Gasteiger partial charge >= 0.3 is 0 Å². The van der Waals surface area contributed by atoms with E-state index in [-0.39, 0.29) is 44.3 Å². The van der Waals surface area contributed by atoms with E-state index in [1.165, 1.54) is 0 Å². The summed E-state index contributed by atoms with van der Waals surface area (Å²) < 4.78 is 170. The minimum Gasteiger partial charge on any atom is -0.456 e. The SMILES string of the molecule is [2H]c1c([2H])c([2H])c(-c2nc(-c3ccc4oc5cc(-c6c([2H])c([2H])c([2H])c7c([2H])c([2H])c([2H])c([2H])c67)c6ccccc6c5c4c3)nc(-c3c([2H])c([2H])c([2H])c4c([2H])c([2H])c([2H])c([2H])c34)n2)c([2H])c1[2H]. The highest BCUT2D eigenvalue weighted by molar-refractivity contribution is 6.23. The zero-order valence-electron chi connectivity index (χ0n) is 43.9. The highest BCUT2D eigenvalue weighted by Gasteiger charge is 2.19. The predicted molar refractivity (Wildman–Crippen MR) is 201 cm³/mol. The summed E-state index contributed by atoms with van der Waals surface area (Å²) in [5, 5.41) is 0.921. The van der Waals surface area contributed by atoms with Crippen molar-refractivity contribution in [1.29, 1.82) is 0 Å². The minimum atomic E-state index is -0.720. The molecular formula is C45H27N3O. The number of hydrogen-bond donors (Lipinski definition) is 0. The van der Waals surface area contributed by atoms with E-state index >= 15 is 0 Å².